The predicted molar refractivity (Wildman–Crippen MR) is 145 cm³/mol. The van der Waals surface area contributed by atoms with Crippen LogP contribution in [-0.4, -0.2) is 33.2 Å². The van der Waals surface area contributed by atoms with E-state index in [0.29, 0.717) is 15.2 Å². The lowest BCUT2D eigenvalue weighted by Crippen LogP contribution is -2.17. The molecular weight excluding hydrogens is 478 g/mol. The van der Waals surface area contributed by atoms with Crippen LogP contribution < -0.4 is 10.5 Å². The lowest BCUT2D eigenvalue weighted by molar-refractivity contribution is 0.968. The zero-order valence-corrected chi connectivity index (χ0v) is 20.6. The smallest absolute Gasteiger partial charge is 0.275 e. The van der Waals surface area contributed by atoms with Crippen molar-refractivity contribution in [1.29, 1.82) is 0 Å². The maximum Gasteiger partial charge on any atom is 0.275 e. The highest BCUT2D eigenvalue weighted by Crippen LogP contribution is 2.32. The Morgan fingerprint density at radius 2 is 1.66 bits per heavy atom. The van der Waals surface area contributed by atoms with E-state index in [2.05, 4.69) is 21.7 Å². The van der Waals surface area contributed by atoms with E-state index in [1.807, 2.05) is 85.7 Å². The third kappa shape index (κ3) is 3.69. The average molecular weight is 498 g/mol. The lowest BCUT2D eigenvalue weighted by Gasteiger charge is -2.15. The Morgan fingerprint density at radius 3 is 2.40 bits per heavy atom. The second-order valence-corrected chi connectivity index (χ2v) is 9.89. The van der Waals surface area contributed by atoms with Crippen LogP contribution in [0, 0.1) is 0 Å². The van der Waals surface area contributed by atoms with Gasteiger partial charge in [0, 0.05) is 29.7 Å². The van der Waals surface area contributed by atoms with Crippen molar-refractivity contribution in [2.45, 2.75) is 0 Å². The summed E-state index contributed by atoms with van der Waals surface area (Å²) in [6, 6.07) is 25.5. The van der Waals surface area contributed by atoms with Crippen LogP contribution in [0.3, 0.4) is 0 Å². The fourth-order valence-electron chi connectivity index (χ4n) is 4.19. The monoisotopic (exact) mass is 497 g/mol. The van der Waals surface area contributed by atoms with Gasteiger partial charge in [-0.2, -0.15) is 0 Å². The molecule has 0 fully saturated rings. The molecule has 0 radical (unpaired) electrons. The molecule has 0 amide bonds. The van der Waals surface area contributed by atoms with Crippen molar-refractivity contribution in [2.24, 2.45) is 0 Å². The van der Waals surface area contributed by atoms with Gasteiger partial charge in [-0.25, -0.2) is 9.97 Å². The van der Waals surface area contributed by atoms with E-state index < -0.39 is 0 Å². The third-order valence-corrected chi connectivity index (χ3v) is 7.29. The van der Waals surface area contributed by atoms with E-state index in [1.54, 1.807) is 10.9 Å². The molecule has 3 heterocycles. The minimum Gasteiger partial charge on any atom is -0.348 e. The Labute approximate surface area is 210 Å². The molecule has 0 aliphatic heterocycles. The highest BCUT2D eigenvalue weighted by atomic mass is 35.5. The van der Waals surface area contributed by atoms with Gasteiger partial charge in [0.15, 0.2) is 0 Å². The van der Waals surface area contributed by atoms with Crippen LogP contribution in [0.5, 0.6) is 0 Å². The van der Waals surface area contributed by atoms with E-state index in [-0.39, 0.29) is 5.56 Å². The molecule has 0 unspecified atom stereocenters. The van der Waals surface area contributed by atoms with Crippen molar-refractivity contribution in [2.75, 3.05) is 19.0 Å². The summed E-state index contributed by atoms with van der Waals surface area (Å²) in [5, 5.41) is 0.679. The maximum absolute atomic E-state index is 13.4. The van der Waals surface area contributed by atoms with Crippen molar-refractivity contribution < 1.29 is 0 Å². The van der Waals surface area contributed by atoms with Gasteiger partial charge in [-0.15, -0.1) is 11.3 Å². The fraction of sp³-hybridized carbons (Fsp3) is 0.0741. The number of thiophene rings is 1. The molecule has 0 aliphatic carbocycles. The zero-order valence-electron chi connectivity index (χ0n) is 19.0. The molecule has 3 aromatic heterocycles. The van der Waals surface area contributed by atoms with E-state index in [4.69, 9.17) is 16.6 Å². The summed E-state index contributed by atoms with van der Waals surface area (Å²) in [4.78, 5) is 25.8. The molecule has 0 N–H and O–H groups in total. The summed E-state index contributed by atoms with van der Waals surface area (Å²) < 4.78 is 4.31. The van der Waals surface area contributed by atoms with Crippen molar-refractivity contribution in [3.05, 3.63) is 101 Å². The Hall–Kier alpha value is -3.94. The Kier molecular flexibility index (Phi) is 5.16. The Morgan fingerprint density at radius 1 is 0.886 bits per heavy atom. The summed E-state index contributed by atoms with van der Waals surface area (Å²) in [6.45, 7) is 0. The molecule has 0 aliphatic rings. The number of rotatable bonds is 4. The van der Waals surface area contributed by atoms with Gasteiger partial charge in [-0.3, -0.25) is 13.9 Å². The standard InChI is InChI=1S/C27H20ClN5OS/c1-31(2)27-30-21-14-20(12-13-23(21)33(27)19-6-4-3-5-7-19)32-16-29-22-15-24(35-25(22)26(32)34)17-8-10-18(28)11-9-17/h3-16H,1-2H3. The zero-order chi connectivity index (χ0) is 24.1. The summed E-state index contributed by atoms with van der Waals surface area (Å²) >= 11 is 7.46. The Balaban J connectivity index is 1.48. The first-order valence-corrected chi connectivity index (χ1v) is 12.2. The number of anilines is 1. The van der Waals surface area contributed by atoms with Gasteiger partial charge in [0.1, 0.15) is 11.0 Å². The van der Waals surface area contributed by atoms with Crippen LogP contribution in [0.25, 0.3) is 43.1 Å². The molecule has 0 spiro atoms. The molecule has 172 valence electrons. The topological polar surface area (TPSA) is 56.0 Å². The summed E-state index contributed by atoms with van der Waals surface area (Å²) in [7, 11) is 3.94. The first-order valence-electron chi connectivity index (χ1n) is 11.0. The molecule has 35 heavy (non-hydrogen) atoms. The second-order valence-electron chi connectivity index (χ2n) is 8.40. The molecule has 3 aromatic carbocycles. The minimum atomic E-state index is -0.102. The molecule has 6 nitrogen and oxygen atoms in total. The number of benzene rings is 3. The number of nitrogens with zero attached hydrogens (tertiary/aromatic N) is 5. The molecule has 0 saturated heterocycles. The molecule has 6 aromatic rings. The number of hydrogen-bond donors (Lipinski definition) is 0. The van der Waals surface area contributed by atoms with Crippen molar-refractivity contribution in [1.82, 2.24) is 19.1 Å². The number of aromatic nitrogens is 4. The highest BCUT2D eigenvalue weighted by Gasteiger charge is 2.16. The highest BCUT2D eigenvalue weighted by molar-refractivity contribution is 7.22. The molecule has 0 atom stereocenters. The first kappa shape index (κ1) is 21.6. The minimum absolute atomic E-state index is 0.102. The number of halogens is 1. The van der Waals surface area contributed by atoms with Gasteiger partial charge in [0.05, 0.1) is 22.2 Å². The van der Waals surface area contributed by atoms with Crippen LogP contribution in [0.2, 0.25) is 5.02 Å². The SMILES string of the molecule is CN(C)c1nc2cc(-n3cnc4cc(-c5ccc(Cl)cc5)sc4c3=O)ccc2n1-c1ccccc1. The number of hydrogen-bond acceptors (Lipinski definition) is 5. The second kappa shape index (κ2) is 8.37. The predicted octanol–water partition coefficient (Wildman–Crippen LogP) is 6.17. The van der Waals surface area contributed by atoms with Crippen molar-refractivity contribution >= 4 is 50.1 Å². The quantitative estimate of drug-likeness (QED) is 0.292. The van der Waals surface area contributed by atoms with E-state index in [9.17, 15) is 4.79 Å². The largest absolute Gasteiger partial charge is 0.348 e. The molecule has 8 heteroatoms. The maximum atomic E-state index is 13.4. The molecule has 0 saturated carbocycles. The number of imidazole rings is 1. The van der Waals surface area contributed by atoms with E-state index in [0.717, 1.165) is 38.8 Å². The van der Waals surface area contributed by atoms with Gasteiger partial charge in [0.2, 0.25) is 5.95 Å². The third-order valence-electron chi connectivity index (χ3n) is 5.88. The summed E-state index contributed by atoms with van der Waals surface area (Å²) in [5.41, 5.74) is 5.11. The lowest BCUT2D eigenvalue weighted by atomic mass is 10.2. The van der Waals surface area contributed by atoms with Crippen LogP contribution in [-0.2, 0) is 0 Å². The van der Waals surface area contributed by atoms with Gasteiger partial charge in [-0.05, 0) is 54.1 Å². The van der Waals surface area contributed by atoms with Crippen LogP contribution in [0.4, 0.5) is 5.95 Å². The van der Waals surface area contributed by atoms with Crippen LogP contribution in [0.15, 0.2) is 90.0 Å². The van der Waals surface area contributed by atoms with Crippen molar-refractivity contribution in [3.8, 4) is 21.8 Å². The summed E-state index contributed by atoms with van der Waals surface area (Å²) in [5.74, 6) is 0.815. The van der Waals surface area contributed by atoms with Crippen LogP contribution >= 0.6 is 22.9 Å². The number of fused-ring (bicyclic) bond motifs is 2. The molecular formula is C27H20ClN5OS. The summed E-state index contributed by atoms with van der Waals surface area (Å²) in [6.07, 6.45) is 1.59. The normalized spacial score (nSPS) is 11.4. The number of para-hydroxylation sites is 1. The van der Waals surface area contributed by atoms with Gasteiger partial charge < -0.3 is 4.90 Å². The molecule has 6 rings (SSSR count). The fourth-order valence-corrected chi connectivity index (χ4v) is 5.36. The van der Waals surface area contributed by atoms with Gasteiger partial charge in [-0.1, -0.05) is 41.9 Å². The first-order chi connectivity index (χ1) is 17.0. The van der Waals surface area contributed by atoms with Gasteiger partial charge >= 0.3 is 0 Å². The molecule has 0 bridgehead atoms. The van der Waals surface area contributed by atoms with E-state index >= 15 is 0 Å². The average Bonchev–Trinajstić information content (AvgIpc) is 3.47. The van der Waals surface area contributed by atoms with Gasteiger partial charge in [0.25, 0.3) is 5.56 Å². The van der Waals surface area contributed by atoms with E-state index in [1.165, 1.54) is 11.3 Å². The van der Waals surface area contributed by atoms with Crippen LogP contribution in [0.1, 0.15) is 0 Å². The Bertz CT molecular complexity index is 1750. The van der Waals surface area contributed by atoms with Crippen molar-refractivity contribution in [3.63, 3.8) is 0 Å².